The summed E-state index contributed by atoms with van der Waals surface area (Å²) >= 11 is 0. The standard InChI is InChI=1S/C18H37NO2/c1-7-8-9-16(17(21)19-12-13-20)15(4)10-11-18(5,6)14(2)3/h14-16,20H,7-13H2,1-6H3,(H,19,21). The molecule has 0 heterocycles. The Bertz CT molecular complexity index is 287. The molecular formula is C18H37NO2. The highest BCUT2D eigenvalue weighted by Crippen LogP contribution is 2.35. The molecule has 0 aromatic rings. The molecule has 2 atom stereocenters. The van der Waals surface area contributed by atoms with E-state index in [1.807, 2.05) is 0 Å². The van der Waals surface area contributed by atoms with Crippen LogP contribution in [0.1, 0.15) is 73.6 Å². The highest BCUT2D eigenvalue weighted by molar-refractivity contribution is 5.78. The number of carbonyl (C=O) groups excluding carboxylic acids is 1. The van der Waals surface area contributed by atoms with Gasteiger partial charge in [0.2, 0.25) is 5.91 Å². The molecule has 0 saturated carbocycles. The molecule has 0 aliphatic rings. The van der Waals surface area contributed by atoms with Crippen molar-refractivity contribution in [3.63, 3.8) is 0 Å². The number of unbranched alkanes of at least 4 members (excludes halogenated alkanes) is 1. The van der Waals surface area contributed by atoms with E-state index in [0.29, 0.717) is 23.8 Å². The first kappa shape index (κ1) is 20.4. The Balaban J connectivity index is 4.56. The van der Waals surface area contributed by atoms with Crippen LogP contribution in [-0.4, -0.2) is 24.2 Å². The lowest BCUT2D eigenvalue weighted by molar-refractivity contribution is -0.127. The molecule has 0 aliphatic heterocycles. The van der Waals surface area contributed by atoms with Crippen molar-refractivity contribution in [1.82, 2.24) is 5.32 Å². The Morgan fingerprint density at radius 2 is 1.81 bits per heavy atom. The average Bonchev–Trinajstić information content (AvgIpc) is 2.43. The van der Waals surface area contributed by atoms with Crippen molar-refractivity contribution in [3.8, 4) is 0 Å². The summed E-state index contributed by atoms with van der Waals surface area (Å²) < 4.78 is 0. The van der Waals surface area contributed by atoms with Gasteiger partial charge in [-0.3, -0.25) is 4.79 Å². The van der Waals surface area contributed by atoms with Gasteiger partial charge in [-0.15, -0.1) is 0 Å². The lowest BCUT2D eigenvalue weighted by Crippen LogP contribution is -2.36. The van der Waals surface area contributed by atoms with Crippen molar-refractivity contribution in [2.45, 2.75) is 73.6 Å². The number of hydrogen-bond acceptors (Lipinski definition) is 2. The van der Waals surface area contributed by atoms with Crippen LogP contribution >= 0.6 is 0 Å². The summed E-state index contributed by atoms with van der Waals surface area (Å²) in [7, 11) is 0. The van der Waals surface area contributed by atoms with Gasteiger partial charge in [0.15, 0.2) is 0 Å². The minimum atomic E-state index is 0.0149. The highest BCUT2D eigenvalue weighted by Gasteiger charge is 2.28. The van der Waals surface area contributed by atoms with Gasteiger partial charge < -0.3 is 10.4 Å². The predicted octanol–water partition coefficient (Wildman–Crippen LogP) is 4.00. The lowest BCUT2D eigenvalue weighted by atomic mass is 9.74. The smallest absolute Gasteiger partial charge is 0.223 e. The van der Waals surface area contributed by atoms with Gasteiger partial charge in [0.1, 0.15) is 0 Å². The summed E-state index contributed by atoms with van der Waals surface area (Å²) in [6.45, 7) is 13.9. The summed E-state index contributed by atoms with van der Waals surface area (Å²) in [6.07, 6.45) is 5.41. The topological polar surface area (TPSA) is 49.3 Å². The van der Waals surface area contributed by atoms with Crippen LogP contribution in [0.2, 0.25) is 0 Å². The summed E-state index contributed by atoms with van der Waals surface area (Å²) in [5.41, 5.74) is 0.325. The second-order valence-corrected chi connectivity index (χ2v) is 7.42. The van der Waals surface area contributed by atoms with Crippen LogP contribution < -0.4 is 5.32 Å². The fourth-order valence-electron chi connectivity index (χ4n) is 2.50. The first-order valence-electron chi connectivity index (χ1n) is 8.64. The third-order valence-corrected chi connectivity index (χ3v) is 5.11. The van der Waals surface area contributed by atoms with E-state index in [9.17, 15) is 4.79 Å². The fraction of sp³-hybridized carbons (Fsp3) is 0.944. The maximum absolute atomic E-state index is 12.3. The average molecular weight is 299 g/mol. The zero-order valence-corrected chi connectivity index (χ0v) is 15.0. The molecule has 21 heavy (non-hydrogen) atoms. The lowest BCUT2D eigenvalue weighted by Gasteiger charge is -2.32. The summed E-state index contributed by atoms with van der Waals surface area (Å²) in [5, 5.41) is 11.7. The molecule has 0 rings (SSSR count). The van der Waals surface area contributed by atoms with Gasteiger partial charge in [-0.2, -0.15) is 0 Å². The second kappa shape index (κ2) is 10.2. The summed E-state index contributed by atoms with van der Waals surface area (Å²) in [6, 6.07) is 0. The number of hydrogen-bond donors (Lipinski definition) is 2. The molecule has 126 valence electrons. The molecule has 0 fully saturated rings. The van der Waals surface area contributed by atoms with Gasteiger partial charge in [-0.1, -0.05) is 54.4 Å². The maximum atomic E-state index is 12.3. The molecule has 0 aromatic heterocycles. The molecular weight excluding hydrogens is 262 g/mol. The van der Waals surface area contributed by atoms with E-state index in [2.05, 4.69) is 46.9 Å². The van der Waals surface area contributed by atoms with Gasteiger partial charge in [0, 0.05) is 12.5 Å². The fourth-order valence-corrected chi connectivity index (χ4v) is 2.50. The second-order valence-electron chi connectivity index (χ2n) is 7.42. The van der Waals surface area contributed by atoms with Crippen LogP contribution in [0, 0.1) is 23.2 Å². The zero-order valence-electron chi connectivity index (χ0n) is 15.0. The molecule has 0 spiro atoms. The van der Waals surface area contributed by atoms with Crippen molar-refractivity contribution < 1.29 is 9.90 Å². The number of nitrogens with one attached hydrogen (secondary N) is 1. The molecule has 3 heteroatoms. The van der Waals surface area contributed by atoms with Crippen molar-refractivity contribution in [3.05, 3.63) is 0 Å². The van der Waals surface area contributed by atoms with E-state index in [1.54, 1.807) is 0 Å². The quantitative estimate of drug-likeness (QED) is 0.606. The van der Waals surface area contributed by atoms with Gasteiger partial charge in [-0.25, -0.2) is 0 Å². The number of amides is 1. The largest absolute Gasteiger partial charge is 0.395 e. The SMILES string of the molecule is CCCCC(C(=O)NCCO)C(C)CCC(C)(C)C(C)C. The third kappa shape index (κ3) is 7.85. The third-order valence-electron chi connectivity index (χ3n) is 5.11. The minimum absolute atomic E-state index is 0.0149. The van der Waals surface area contributed by atoms with Crippen molar-refractivity contribution in [2.24, 2.45) is 23.2 Å². The maximum Gasteiger partial charge on any atom is 0.223 e. The molecule has 3 nitrogen and oxygen atoms in total. The van der Waals surface area contributed by atoms with Gasteiger partial charge in [-0.05, 0) is 36.5 Å². The monoisotopic (exact) mass is 299 g/mol. The van der Waals surface area contributed by atoms with Gasteiger partial charge >= 0.3 is 0 Å². The number of aliphatic hydroxyl groups excluding tert-OH is 1. The predicted molar refractivity (Wildman–Crippen MR) is 90.1 cm³/mol. The Hall–Kier alpha value is -0.570. The van der Waals surface area contributed by atoms with Crippen LogP contribution in [0.4, 0.5) is 0 Å². The van der Waals surface area contributed by atoms with Crippen LogP contribution in [0.25, 0.3) is 0 Å². The molecule has 2 N–H and O–H groups in total. The van der Waals surface area contributed by atoms with Crippen molar-refractivity contribution in [1.29, 1.82) is 0 Å². The Labute approximate surface area is 131 Å². The van der Waals surface area contributed by atoms with Crippen LogP contribution in [0.5, 0.6) is 0 Å². The molecule has 1 amide bonds. The molecule has 0 aliphatic carbocycles. The van der Waals surface area contributed by atoms with E-state index in [4.69, 9.17) is 5.11 Å². The van der Waals surface area contributed by atoms with Crippen LogP contribution in [-0.2, 0) is 4.79 Å². The van der Waals surface area contributed by atoms with E-state index in [0.717, 1.165) is 32.1 Å². The normalized spacial score (nSPS) is 15.0. The highest BCUT2D eigenvalue weighted by atomic mass is 16.3. The molecule has 2 unspecified atom stereocenters. The van der Waals surface area contributed by atoms with Gasteiger partial charge in [0.25, 0.3) is 0 Å². The Kier molecular flexibility index (Phi) is 9.93. The first-order chi connectivity index (χ1) is 9.76. The molecule has 0 aromatic carbocycles. The van der Waals surface area contributed by atoms with E-state index < -0.39 is 0 Å². The van der Waals surface area contributed by atoms with Crippen LogP contribution in [0.15, 0.2) is 0 Å². The van der Waals surface area contributed by atoms with E-state index >= 15 is 0 Å². The van der Waals surface area contributed by atoms with Gasteiger partial charge in [0.05, 0.1) is 6.61 Å². The van der Waals surface area contributed by atoms with E-state index in [1.165, 1.54) is 0 Å². The molecule has 0 bridgehead atoms. The number of aliphatic hydroxyl groups is 1. The summed E-state index contributed by atoms with van der Waals surface area (Å²) in [4.78, 5) is 12.3. The zero-order chi connectivity index (χ0) is 16.5. The Morgan fingerprint density at radius 1 is 1.19 bits per heavy atom. The molecule has 0 saturated heterocycles. The van der Waals surface area contributed by atoms with E-state index in [-0.39, 0.29) is 18.4 Å². The Morgan fingerprint density at radius 3 is 2.29 bits per heavy atom. The van der Waals surface area contributed by atoms with Crippen LogP contribution in [0.3, 0.4) is 0 Å². The first-order valence-corrected chi connectivity index (χ1v) is 8.64. The number of rotatable bonds is 11. The minimum Gasteiger partial charge on any atom is -0.395 e. The summed E-state index contributed by atoms with van der Waals surface area (Å²) in [5.74, 6) is 1.25. The molecule has 0 radical (unpaired) electrons. The van der Waals surface area contributed by atoms with Crippen molar-refractivity contribution in [2.75, 3.05) is 13.2 Å². The van der Waals surface area contributed by atoms with Crippen molar-refractivity contribution >= 4 is 5.91 Å². The number of carbonyl (C=O) groups is 1.